The first-order chi connectivity index (χ1) is 6.33. The Balaban J connectivity index is 2.33. The lowest BCUT2D eigenvalue weighted by Crippen LogP contribution is -2.26. The van der Waals surface area contributed by atoms with Crippen molar-refractivity contribution in [2.75, 3.05) is 12.5 Å². The van der Waals surface area contributed by atoms with Crippen LogP contribution in [0.15, 0.2) is 24.3 Å². The molecule has 4 heteroatoms. The maximum absolute atomic E-state index is 11.3. The number of benzene rings is 1. The van der Waals surface area contributed by atoms with Gasteiger partial charge in [0.25, 0.3) is 0 Å². The number of hydrazine groups is 1. The Labute approximate surface area is 75.9 Å². The van der Waals surface area contributed by atoms with Gasteiger partial charge in [-0.1, -0.05) is 18.2 Å². The van der Waals surface area contributed by atoms with Crippen LogP contribution >= 0.6 is 0 Å². The largest absolute Gasteiger partial charge is 0.468 e. The Hall–Kier alpha value is -1.55. The van der Waals surface area contributed by atoms with E-state index in [1.165, 1.54) is 7.11 Å². The number of hydrogen-bond acceptors (Lipinski definition) is 4. The molecule has 0 spiro atoms. The molecule has 2 N–H and O–H groups in total. The van der Waals surface area contributed by atoms with Gasteiger partial charge in [0.1, 0.15) is 0 Å². The number of esters is 1. The summed E-state index contributed by atoms with van der Waals surface area (Å²) in [5.74, 6) is -0.280. The summed E-state index contributed by atoms with van der Waals surface area (Å²) in [5.41, 5.74) is 7.62. The van der Waals surface area contributed by atoms with Crippen LogP contribution in [0.1, 0.15) is 11.6 Å². The fourth-order valence-corrected chi connectivity index (χ4v) is 1.39. The Morgan fingerprint density at radius 2 is 2.23 bits per heavy atom. The van der Waals surface area contributed by atoms with Crippen LogP contribution in [0.25, 0.3) is 0 Å². The van der Waals surface area contributed by atoms with Crippen LogP contribution < -0.4 is 10.9 Å². The molecule has 1 aliphatic rings. The molecule has 68 valence electrons. The molecular formula is C9H10N2O2. The molecule has 1 aromatic carbocycles. The summed E-state index contributed by atoms with van der Waals surface area (Å²) in [4.78, 5) is 11.3. The van der Waals surface area contributed by atoms with Gasteiger partial charge >= 0.3 is 5.97 Å². The summed E-state index contributed by atoms with van der Waals surface area (Å²) >= 11 is 0. The van der Waals surface area contributed by atoms with Gasteiger partial charge < -0.3 is 10.2 Å². The normalized spacial score (nSPS) is 19.0. The quantitative estimate of drug-likeness (QED) is 0.625. The van der Waals surface area contributed by atoms with Crippen LogP contribution in [0, 0.1) is 0 Å². The van der Waals surface area contributed by atoms with E-state index in [0.29, 0.717) is 0 Å². The first-order valence-electron chi connectivity index (χ1n) is 4.01. The number of methoxy groups -OCH3 is 1. The minimum absolute atomic E-state index is 0.280. The molecule has 0 radical (unpaired) electrons. The molecule has 1 unspecified atom stereocenters. The van der Waals surface area contributed by atoms with E-state index in [4.69, 9.17) is 0 Å². The molecule has 13 heavy (non-hydrogen) atoms. The number of rotatable bonds is 1. The molecule has 1 aliphatic heterocycles. The second kappa shape index (κ2) is 3.06. The molecule has 0 amide bonds. The van der Waals surface area contributed by atoms with Crippen LogP contribution in [-0.2, 0) is 9.53 Å². The van der Waals surface area contributed by atoms with Gasteiger partial charge in [-0.2, -0.15) is 0 Å². The second-order valence-corrected chi connectivity index (χ2v) is 2.81. The van der Waals surface area contributed by atoms with E-state index in [0.717, 1.165) is 11.3 Å². The predicted octanol–water partition coefficient (Wildman–Crippen LogP) is 0.831. The lowest BCUT2D eigenvalue weighted by molar-refractivity contribution is -0.142. The fraction of sp³-hybridized carbons (Fsp3) is 0.222. The topological polar surface area (TPSA) is 50.4 Å². The van der Waals surface area contributed by atoms with Crippen molar-refractivity contribution in [2.24, 2.45) is 0 Å². The van der Waals surface area contributed by atoms with Gasteiger partial charge in [0.2, 0.25) is 0 Å². The van der Waals surface area contributed by atoms with Crippen molar-refractivity contribution < 1.29 is 9.53 Å². The van der Waals surface area contributed by atoms with E-state index in [1.54, 1.807) is 0 Å². The van der Waals surface area contributed by atoms with Crippen LogP contribution in [0.2, 0.25) is 0 Å². The number of anilines is 1. The standard InChI is InChI=1S/C9H10N2O2/c1-13-9(12)8-6-4-2-3-5-7(6)10-11-8/h2-5,8,10-11H,1H3. The predicted molar refractivity (Wildman–Crippen MR) is 48.0 cm³/mol. The van der Waals surface area contributed by atoms with E-state index in [1.807, 2.05) is 24.3 Å². The third-order valence-electron chi connectivity index (χ3n) is 2.06. The molecule has 1 atom stereocenters. The number of fused-ring (bicyclic) bond motifs is 1. The van der Waals surface area contributed by atoms with Gasteiger partial charge in [-0.15, -0.1) is 0 Å². The molecule has 0 saturated heterocycles. The monoisotopic (exact) mass is 178 g/mol. The van der Waals surface area contributed by atoms with E-state index >= 15 is 0 Å². The molecule has 2 rings (SSSR count). The summed E-state index contributed by atoms with van der Waals surface area (Å²) in [7, 11) is 1.38. The average molecular weight is 178 g/mol. The Bertz CT molecular complexity index is 338. The van der Waals surface area contributed by atoms with E-state index in [9.17, 15) is 4.79 Å². The number of ether oxygens (including phenoxy) is 1. The summed E-state index contributed by atoms with van der Waals surface area (Å²) in [5, 5.41) is 0. The van der Waals surface area contributed by atoms with Gasteiger partial charge in [-0.05, 0) is 6.07 Å². The molecule has 0 aliphatic carbocycles. The smallest absolute Gasteiger partial charge is 0.329 e. The van der Waals surface area contributed by atoms with Crippen molar-refractivity contribution >= 4 is 11.7 Å². The van der Waals surface area contributed by atoms with Gasteiger partial charge in [-0.3, -0.25) is 0 Å². The van der Waals surface area contributed by atoms with Crippen molar-refractivity contribution in [1.82, 2.24) is 5.43 Å². The zero-order valence-electron chi connectivity index (χ0n) is 7.20. The highest BCUT2D eigenvalue weighted by atomic mass is 16.5. The van der Waals surface area contributed by atoms with Crippen molar-refractivity contribution in [3.05, 3.63) is 29.8 Å². The van der Waals surface area contributed by atoms with Crippen LogP contribution in [0.3, 0.4) is 0 Å². The minimum Gasteiger partial charge on any atom is -0.468 e. The number of carbonyl (C=O) groups excluding carboxylic acids is 1. The number of carbonyl (C=O) groups is 1. The summed E-state index contributed by atoms with van der Waals surface area (Å²) < 4.78 is 4.65. The van der Waals surface area contributed by atoms with E-state index in [2.05, 4.69) is 15.6 Å². The Morgan fingerprint density at radius 3 is 3.00 bits per heavy atom. The summed E-state index contributed by atoms with van der Waals surface area (Å²) in [6.07, 6.45) is 0. The van der Waals surface area contributed by atoms with Crippen LogP contribution in [-0.4, -0.2) is 13.1 Å². The van der Waals surface area contributed by atoms with E-state index in [-0.39, 0.29) is 12.0 Å². The number of para-hydroxylation sites is 1. The maximum Gasteiger partial charge on any atom is 0.329 e. The first-order valence-corrected chi connectivity index (χ1v) is 4.01. The molecule has 0 bridgehead atoms. The van der Waals surface area contributed by atoms with E-state index < -0.39 is 0 Å². The lowest BCUT2D eigenvalue weighted by Gasteiger charge is -2.06. The number of nitrogens with one attached hydrogen (secondary N) is 2. The fourth-order valence-electron chi connectivity index (χ4n) is 1.39. The maximum atomic E-state index is 11.3. The van der Waals surface area contributed by atoms with Gasteiger partial charge in [0.05, 0.1) is 12.8 Å². The minimum atomic E-state index is -0.388. The third-order valence-corrected chi connectivity index (χ3v) is 2.06. The molecule has 0 fully saturated rings. The van der Waals surface area contributed by atoms with Gasteiger partial charge in [0, 0.05) is 5.56 Å². The molecule has 1 heterocycles. The Morgan fingerprint density at radius 1 is 1.46 bits per heavy atom. The molecule has 1 aromatic rings. The zero-order valence-corrected chi connectivity index (χ0v) is 7.20. The molecule has 0 aromatic heterocycles. The zero-order chi connectivity index (χ0) is 9.26. The number of hydrogen-bond donors (Lipinski definition) is 2. The highest BCUT2D eigenvalue weighted by molar-refractivity contribution is 5.82. The lowest BCUT2D eigenvalue weighted by atomic mass is 10.1. The molecular weight excluding hydrogens is 168 g/mol. The van der Waals surface area contributed by atoms with Crippen molar-refractivity contribution in [2.45, 2.75) is 6.04 Å². The van der Waals surface area contributed by atoms with Crippen LogP contribution in [0.4, 0.5) is 5.69 Å². The SMILES string of the molecule is COC(=O)C1NNc2ccccc21. The third kappa shape index (κ3) is 1.25. The van der Waals surface area contributed by atoms with Crippen molar-refractivity contribution in [3.8, 4) is 0 Å². The Kier molecular flexibility index (Phi) is 1.90. The second-order valence-electron chi connectivity index (χ2n) is 2.81. The summed E-state index contributed by atoms with van der Waals surface area (Å²) in [6.45, 7) is 0. The van der Waals surface area contributed by atoms with Crippen molar-refractivity contribution in [1.29, 1.82) is 0 Å². The first kappa shape index (κ1) is 8.07. The van der Waals surface area contributed by atoms with Crippen molar-refractivity contribution in [3.63, 3.8) is 0 Å². The average Bonchev–Trinajstić information content (AvgIpc) is 2.60. The summed E-state index contributed by atoms with van der Waals surface area (Å²) in [6, 6.07) is 7.22. The highest BCUT2D eigenvalue weighted by Crippen LogP contribution is 2.27. The molecule has 4 nitrogen and oxygen atoms in total. The van der Waals surface area contributed by atoms with Crippen LogP contribution in [0.5, 0.6) is 0 Å². The highest BCUT2D eigenvalue weighted by Gasteiger charge is 2.28. The van der Waals surface area contributed by atoms with Gasteiger partial charge in [0.15, 0.2) is 6.04 Å². The van der Waals surface area contributed by atoms with Gasteiger partial charge in [-0.25, -0.2) is 10.2 Å². The molecule has 0 saturated carbocycles.